The van der Waals surface area contributed by atoms with E-state index in [0.717, 1.165) is 44.1 Å². The van der Waals surface area contributed by atoms with Gasteiger partial charge in [0.25, 0.3) is 11.1 Å². The molecule has 0 bridgehead atoms. The fourth-order valence-corrected chi connectivity index (χ4v) is 10.7. The zero-order valence-corrected chi connectivity index (χ0v) is 42.6. The zero-order chi connectivity index (χ0) is 51.3. The van der Waals surface area contributed by atoms with Crippen molar-refractivity contribution in [3.8, 4) is 46.1 Å². The Balaban J connectivity index is 0.000000265. The number of hydrogen-bond acceptors (Lipinski definition) is 17. The molecule has 382 valence electrons. The van der Waals surface area contributed by atoms with Crippen molar-refractivity contribution in [2.24, 2.45) is 0 Å². The minimum atomic E-state index is -4.32. The molecule has 6 rings (SSSR count). The van der Waals surface area contributed by atoms with E-state index in [1.165, 1.54) is 51.6 Å². The third-order valence-electron chi connectivity index (χ3n) is 11.7. The molecule has 0 radical (unpaired) electrons. The number of ether oxygens (including phenoxy) is 5. The third-order valence-corrected chi connectivity index (χ3v) is 15.3. The number of aromatic hydroxyl groups is 2. The van der Waals surface area contributed by atoms with E-state index in [9.17, 15) is 36.6 Å². The molecular weight excluding hydrogens is 949 g/mol. The molecule has 0 amide bonds. The van der Waals surface area contributed by atoms with Crippen molar-refractivity contribution >= 4 is 31.4 Å². The van der Waals surface area contributed by atoms with Gasteiger partial charge in [-0.15, -0.1) is 0 Å². The van der Waals surface area contributed by atoms with E-state index in [1.54, 1.807) is 55.7 Å². The molecule has 1 fully saturated rings. The normalized spacial score (nSPS) is 13.9. The van der Waals surface area contributed by atoms with E-state index in [4.69, 9.17) is 23.7 Å². The van der Waals surface area contributed by atoms with Gasteiger partial charge >= 0.3 is 0 Å². The number of rotatable bonds is 21. The van der Waals surface area contributed by atoms with E-state index < -0.39 is 70.9 Å². The summed E-state index contributed by atoms with van der Waals surface area (Å²) in [7, 11) is -1.04. The van der Waals surface area contributed by atoms with Gasteiger partial charge < -0.3 is 33.9 Å². The van der Waals surface area contributed by atoms with E-state index in [0.29, 0.717) is 60.8 Å². The minimum Gasteiger partial charge on any atom is -0.494 e. The molecule has 21 nitrogen and oxygen atoms in total. The Kier molecular flexibility index (Phi) is 19.0. The van der Waals surface area contributed by atoms with Crippen LogP contribution in [0.3, 0.4) is 0 Å². The summed E-state index contributed by atoms with van der Waals surface area (Å²) in [5.41, 5.74) is -1.33. The average molecular weight is 1010 g/mol. The van der Waals surface area contributed by atoms with Crippen molar-refractivity contribution in [2.45, 2.75) is 115 Å². The molecule has 1 saturated carbocycles. The van der Waals surface area contributed by atoms with Crippen molar-refractivity contribution in [3.63, 3.8) is 0 Å². The van der Waals surface area contributed by atoms with Gasteiger partial charge in [0.1, 0.15) is 57.4 Å². The second kappa shape index (κ2) is 24.4. The highest BCUT2D eigenvalue weighted by Crippen LogP contribution is 2.36. The third kappa shape index (κ3) is 12.3. The number of para-hydroxylation sites is 2. The smallest absolute Gasteiger partial charge is 0.286 e. The zero-order valence-electron chi connectivity index (χ0n) is 41.0. The second-order valence-electron chi connectivity index (χ2n) is 16.5. The van der Waals surface area contributed by atoms with Crippen LogP contribution < -0.4 is 39.5 Å². The predicted octanol–water partition coefficient (Wildman–Crippen LogP) is 6.29. The highest BCUT2D eigenvalue weighted by molar-refractivity contribution is 7.93. The molecule has 1 aliphatic carbocycles. The topological polar surface area (TPSA) is 275 Å². The summed E-state index contributed by atoms with van der Waals surface area (Å²) in [6.07, 6.45) is 9.46. The minimum absolute atomic E-state index is 0.157. The molecular formula is C47H64N8O13S2. The number of nitrogens with one attached hydrogen (secondary N) is 2. The lowest BCUT2D eigenvalue weighted by molar-refractivity contribution is 0.0949. The van der Waals surface area contributed by atoms with E-state index in [-0.39, 0.29) is 23.2 Å². The van der Waals surface area contributed by atoms with Gasteiger partial charge in [-0.3, -0.25) is 28.2 Å². The molecule has 4 N–H and O–H groups in total. The number of anilines is 2. The summed E-state index contributed by atoms with van der Waals surface area (Å²) in [5.74, 6) is 0.603. The SMILES string of the molecule is CCCCc1nc(O)c(NS(=O)(=O)C2CCCCC2)c(=O)n1-c1c(OC)cccc1OC.CCCCc1nc(O)c(NS(=O)(=O)[C@@H](C)[C@H](OC)c2ncc(C)cn2)c(=O)n1-c1c(OC)cccc1OC. The lowest BCUT2D eigenvalue weighted by atomic mass is 10.0. The number of unbranched alkanes of at least 4 members (excludes halogenated alkanes) is 2. The summed E-state index contributed by atoms with van der Waals surface area (Å²) in [4.78, 5) is 44.2. The van der Waals surface area contributed by atoms with Crippen molar-refractivity contribution in [3.05, 3.63) is 92.5 Å². The second-order valence-corrected chi connectivity index (χ2v) is 20.5. The van der Waals surface area contributed by atoms with Gasteiger partial charge in [0.15, 0.2) is 17.2 Å². The number of benzene rings is 2. The molecule has 2 aromatic carbocycles. The molecule has 2 atom stereocenters. The molecule has 70 heavy (non-hydrogen) atoms. The first-order valence-corrected chi connectivity index (χ1v) is 26.0. The molecule has 1 aliphatic rings. The van der Waals surface area contributed by atoms with Crippen molar-refractivity contribution in [1.29, 1.82) is 0 Å². The quantitative estimate of drug-likeness (QED) is 0.0629. The Bertz CT molecular complexity index is 2880. The Labute approximate surface area is 408 Å². The maximum atomic E-state index is 13.8. The van der Waals surface area contributed by atoms with Gasteiger partial charge in [-0.05, 0) is 69.4 Å². The van der Waals surface area contributed by atoms with Gasteiger partial charge in [-0.1, -0.05) is 58.1 Å². The first-order chi connectivity index (χ1) is 33.4. The van der Waals surface area contributed by atoms with Crippen LogP contribution in [0.15, 0.2) is 58.4 Å². The van der Waals surface area contributed by atoms with Crippen LogP contribution >= 0.6 is 0 Å². The standard InChI is InChI=1S/C25H33N5O7S.C22H31N3O6S/c1-7-8-12-19-28-24(31)20(25(32)30(19)21-17(35-4)10-9-11-18(21)36-5)29-38(33,34)16(3)22(37-6)23-26-13-15(2)14-27-23;1-4-5-14-18-23-21(26)19(24-32(28,29)15-10-7-6-8-11-15)22(27)25(18)20-16(30-2)12-9-13-17(20)31-3/h9-11,13-14,16,22,29,31H,7-8,12H2,1-6H3;9,12-13,15,24,26H,4-8,10-11,14H2,1-3H3/t16-,22-;/m0./s1. The Morgan fingerprint density at radius 1 is 0.686 bits per heavy atom. The average Bonchev–Trinajstić information content (AvgIpc) is 3.36. The van der Waals surface area contributed by atoms with Crippen molar-refractivity contribution in [1.82, 2.24) is 29.1 Å². The molecule has 3 aromatic heterocycles. The molecule has 5 aromatic rings. The van der Waals surface area contributed by atoms with Crippen LogP contribution in [-0.4, -0.2) is 102 Å². The maximum absolute atomic E-state index is 13.8. The van der Waals surface area contributed by atoms with Crippen LogP contribution in [0.5, 0.6) is 34.8 Å². The molecule has 0 unspecified atom stereocenters. The summed E-state index contributed by atoms with van der Waals surface area (Å²) in [5, 5.41) is 19.4. The molecule has 0 saturated heterocycles. The van der Waals surface area contributed by atoms with Crippen LogP contribution in [0.4, 0.5) is 11.4 Å². The first kappa shape index (κ1) is 54.5. The van der Waals surface area contributed by atoms with E-state index in [2.05, 4.69) is 29.4 Å². The Hall–Kier alpha value is -6.46. The molecule has 0 aliphatic heterocycles. The highest BCUT2D eigenvalue weighted by atomic mass is 32.2. The van der Waals surface area contributed by atoms with Gasteiger partial charge in [0.2, 0.25) is 31.8 Å². The largest absolute Gasteiger partial charge is 0.494 e. The molecule has 3 heterocycles. The van der Waals surface area contributed by atoms with Gasteiger partial charge in [0.05, 0.1) is 33.7 Å². The van der Waals surface area contributed by atoms with Crippen LogP contribution in [0.1, 0.15) is 108 Å². The predicted molar refractivity (Wildman–Crippen MR) is 264 cm³/mol. The summed E-state index contributed by atoms with van der Waals surface area (Å²) in [6.45, 7) is 7.16. The maximum Gasteiger partial charge on any atom is 0.286 e. The number of aromatic nitrogens is 6. The Morgan fingerprint density at radius 3 is 1.49 bits per heavy atom. The highest BCUT2D eigenvalue weighted by Gasteiger charge is 2.36. The molecule has 0 spiro atoms. The van der Waals surface area contributed by atoms with Crippen LogP contribution in [0.2, 0.25) is 0 Å². The number of nitrogens with zero attached hydrogens (tertiary/aromatic N) is 6. The summed E-state index contributed by atoms with van der Waals surface area (Å²) >= 11 is 0. The van der Waals surface area contributed by atoms with E-state index >= 15 is 0 Å². The summed E-state index contributed by atoms with van der Waals surface area (Å²) in [6, 6.07) is 10.0. The number of sulfonamides is 2. The first-order valence-electron chi connectivity index (χ1n) is 22.9. The van der Waals surface area contributed by atoms with Crippen LogP contribution in [0.25, 0.3) is 11.4 Å². The van der Waals surface area contributed by atoms with Crippen LogP contribution in [-0.2, 0) is 37.6 Å². The van der Waals surface area contributed by atoms with E-state index in [1.807, 2.05) is 13.8 Å². The monoisotopic (exact) mass is 1010 g/mol. The molecule has 23 heteroatoms. The van der Waals surface area contributed by atoms with Gasteiger partial charge in [-0.25, -0.2) is 26.8 Å². The fourth-order valence-electron chi connectivity index (χ4n) is 7.91. The lowest BCUT2D eigenvalue weighted by Gasteiger charge is -2.23. The summed E-state index contributed by atoms with van der Waals surface area (Å²) < 4.78 is 87.0. The number of hydrogen-bond donors (Lipinski definition) is 4. The Morgan fingerprint density at radius 2 is 1.10 bits per heavy atom. The number of methoxy groups -OCH3 is 5. The van der Waals surface area contributed by atoms with Crippen molar-refractivity contribution in [2.75, 3.05) is 45.0 Å². The van der Waals surface area contributed by atoms with Gasteiger partial charge in [-0.2, -0.15) is 9.97 Å². The number of aryl methyl sites for hydroxylation is 3. The van der Waals surface area contributed by atoms with Gasteiger partial charge in [0, 0.05) is 32.3 Å². The lowest BCUT2D eigenvalue weighted by Crippen LogP contribution is -2.36. The fraction of sp³-hybridized carbons (Fsp3) is 0.489. The van der Waals surface area contributed by atoms with Crippen LogP contribution in [0, 0.1) is 6.92 Å². The van der Waals surface area contributed by atoms with Crippen molar-refractivity contribution < 1.29 is 50.7 Å².